The maximum atomic E-state index is 9.09. The molecule has 0 radical (unpaired) electrons. The summed E-state index contributed by atoms with van der Waals surface area (Å²) in [7, 11) is 0. The molecule has 0 saturated carbocycles. The Morgan fingerprint density at radius 3 is 2.94 bits per heavy atom. The minimum absolute atomic E-state index is 0.0294. The molecule has 0 aromatic carbocycles. The summed E-state index contributed by atoms with van der Waals surface area (Å²) >= 11 is 0. The number of hydrogen-bond donors (Lipinski definition) is 2. The topological polar surface area (TPSA) is 75.3 Å². The molecule has 0 aliphatic carbocycles. The maximum Gasteiger partial charge on any atom is 0.178 e. The van der Waals surface area contributed by atoms with Crippen LogP contribution < -0.4 is 5.32 Å². The van der Waals surface area contributed by atoms with Crippen molar-refractivity contribution in [2.75, 3.05) is 11.9 Å². The minimum atomic E-state index is 0.0294. The third-order valence-electron chi connectivity index (χ3n) is 2.48. The van der Waals surface area contributed by atoms with E-state index in [0.717, 1.165) is 23.7 Å². The third-order valence-corrected chi connectivity index (χ3v) is 2.48. The Balaban J connectivity index is 2.28. The smallest absolute Gasteiger partial charge is 0.178 e. The number of anilines is 1. The Bertz CT molecular complexity index is 477. The van der Waals surface area contributed by atoms with Crippen LogP contribution in [0.3, 0.4) is 0 Å². The number of nitrogens with one attached hydrogen (secondary N) is 1. The quantitative estimate of drug-likeness (QED) is 0.791. The average Bonchev–Trinajstić information content (AvgIpc) is 2.68. The third kappa shape index (κ3) is 1.96. The number of aliphatic hydroxyl groups excluding tert-OH is 1. The number of hydrogen-bond acceptors (Lipinski definition) is 5. The molecule has 86 valence electrons. The van der Waals surface area contributed by atoms with Crippen LogP contribution in [0.2, 0.25) is 0 Å². The van der Waals surface area contributed by atoms with Crippen LogP contribution in [0.1, 0.15) is 19.2 Å². The first kappa shape index (κ1) is 10.8. The minimum Gasteiger partial charge on any atom is -0.394 e. The van der Waals surface area contributed by atoms with E-state index in [1.54, 1.807) is 4.52 Å². The van der Waals surface area contributed by atoms with E-state index in [1.807, 2.05) is 26.0 Å². The summed E-state index contributed by atoms with van der Waals surface area (Å²) < 4.78 is 1.67. The van der Waals surface area contributed by atoms with Crippen LogP contribution in [-0.2, 0) is 0 Å². The zero-order chi connectivity index (χ0) is 11.5. The Morgan fingerprint density at radius 2 is 2.25 bits per heavy atom. The molecule has 0 saturated heterocycles. The molecule has 0 bridgehead atoms. The van der Waals surface area contributed by atoms with Gasteiger partial charge in [-0.1, -0.05) is 6.92 Å². The lowest BCUT2D eigenvalue weighted by molar-refractivity contribution is 0.271. The van der Waals surface area contributed by atoms with Crippen molar-refractivity contribution >= 4 is 11.5 Å². The van der Waals surface area contributed by atoms with Crippen molar-refractivity contribution in [2.24, 2.45) is 0 Å². The lowest BCUT2D eigenvalue weighted by Gasteiger charge is -2.14. The highest BCUT2D eigenvalue weighted by molar-refractivity contribution is 5.44. The summed E-state index contributed by atoms with van der Waals surface area (Å²) in [5.41, 5.74) is 0.722. The Kier molecular flexibility index (Phi) is 3.00. The van der Waals surface area contributed by atoms with Crippen molar-refractivity contribution in [2.45, 2.75) is 26.3 Å². The van der Waals surface area contributed by atoms with E-state index >= 15 is 0 Å². The van der Waals surface area contributed by atoms with Gasteiger partial charge in [-0.2, -0.15) is 4.52 Å². The molecule has 2 aromatic heterocycles. The first-order valence-electron chi connectivity index (χ1n) is 5.31. The second-order valence-corrected chi connectivity index (χ2v) is 3.67. The fourth-order valence-electron chi connectivity index (χ4n) is 1.46. The maximum absolute atomic E-state index is 9.09. The van der Waals surface area contributed by atoms with Gasteiger partial charge in [-0.05, 0) is 25.5 Å². The lowest BCUT2D eigenvalue weighted by Crippen LogP contribution is -2.23. The summed E-state index contributed by atoms with van der Waals surface area (Å²) in [5, 5.41) is 24.5. The van der Waals surface area contributed by atoms with Gasteiger partial charge in [0.15, 0.2) is 11.5 Å². The fraction of sp³-hybridized carbons (Fsp3) is 0.500. The molecule has 6 nitrogen and oxygen atoms in total. The van der Waals surface area contributed by atoms with Gasteiger partial charge in [0.1, 0.15) is 5.82 Å². The van der Waals surface area contributed by atoms with Gasteiger partial charge in [-0.15, -0.1) is 15.3 Å². The van der Waals surface area contributed by atoms with E-state index in [2.05, 4.69) is 20.6 Å². The zero-order valence-corrected chi connectivity index (χ0v) is 9.38. The van der Waals surface area contributed by atoms with Gasteiger partial charge in [-0.3, -0.25) is 0 Å². The molecule has 2 heterocycles. The molecule has 0 amide bonds. The van der Waals surface area contributed by atoms with Crippen LogP contribution in [0.15, 0.2) is 12.1 Å². The van der Waals surface area contributed by atoms with Crippen LogP contribution >= 0.6 is 0 Å². The number of fused-ring (bicyclic) bond motifs is 1. The van der Waals surface area contributed by atoms with Crippen LogP contribution in [0.25, 0.3) is 5.65 Å². The van der Waals surface area contributed by atoms with Gasteiger partial charge in [0.2, 0.25) is 0 Å². The van der Waals surface area contributed by atoms with Crippen molar-refractivity contribution < 1.29 is 5.11 Å². The highest BCUT2D eigenvalue weighted by atomic mass is 16.3. The van der Waals surface area contributed by atoms with E-state index < -0.39 is 0 Å². The molecule has 1 unspecified atom stereocenters. The number of aliphatic hydroxyl groups is 1. The van der Waals surface area contributed by atoms with E-state index in [1.165, 1.54) is 0 Å². The lowest BCUT2D eigenvalue weighted by atomic mass is 10.2. The van der Waals surface area contributed by atoms with Crippen LogP contribution in [-0.4, -0.2) is 37.6 Å². The first-order chi connectivity index (χ1) is 7.74. The molecule has 2 rings (SSSR count). The predicted octanol–water partition coefficient (Wildman–Crippen LogP) is 0.616. The van der Waals surface area contributed by atoms with E-state index in [0.29, 0.717) is 0 Å². The molecule has 6 heteroatoms. The van der Waals surface area contributed by atoms with Gasteiger partial charge >= 0.3 is 0 Å². The van der Waals surface area contributed by atoms with Crippen LogP contribution in [0.4, 0.5) is 5.82 Å². The fourth-order valence-corrected chi connectivity index (χ4v) is 1.46. The molecule has 2 N–H and O–H groups in total. The molecule has 0 fully saturated rings. The normalized spacial score (nSPS) is 12.9. The van der Waals surface area contributed by atoms with Crippen molar-refractivity contribution in [1.29, 1.82) is 0 Å². The second-order valence-electron chi connectivity index (χ2n) is 3.67. The van der Waals surface area contributed by atoms with Gasteiger partial charge in [0.05, 0.1) is 12.6 Å². The van der Waals surface area contributed by atoms with Gasteiger partial charge in [0, 0.05) is 0 Å². The standard InChI is InChI=1S/C10H15N5O/c1-3-8(6-16)11-9-4-5-10-13-12-7(2)15(10)14-9/h4-5,8,16H,3,6H2,1-2H3,(H,11,14). The molecule has 16 heavy (non-hydrogen) atoms. The SMILES string of the molecule is CCC(CO)Nc1ccc2nnc(C)n2n1. The van der Waals surface area contributed by atoms with Crippen molar-refractivity contribution in [3.8, 4) is 0 Å². The highest BCUT2D eigenvalue weighted by Gasteiger charge is 2.07. The second kappa shape index (κ2) is 4.44. The molecule has 0 aliphatic heterocycles. The summed E-state index contributed by atoms with van der Waals surface area (Å²) in [5.74, 6) is 1.46. The molecule has 2 aromatic rings. The summed E-state index contributed by atoms with van der Waals surface area (Å²) in [6.07, 6.45) is 0.845. The van der Waals surface area contributed by atoms with E-state index in [-0.39, 0.29) is 12.6 Å². The first-order valence-corrected chi connectivity index (χ1v) is 5.31. The number of rotatable bonds is 4. The van der Waals surface area contributed by atoms with E-state index in [4.69, 9.17) is 5.11 Å². The van der Waals surface area contributed by atoms with Gasteiger partial charge in [-0.25, -0.2) is 0 Å². The summed E-state index contributed by atoms with van der Waals surface area (Å²) in [6.45, 7) is 3.95. The molecule has 1 atom stereocenters. The van der Waals surface area contributed by atoms with Gasteiger partial charge < -0.3 is 10.4 Å². The van der Waals surface area contributed by atoms with Crippen LogP contribution in [0, 0.1) is 6.92 Å². The number of nitrogens with zero attached hydrogens (tertiary/aromatic N) is 4. The average molecular weight is 221 g/mol. The largest absolute Gasteiger partial charge is 0.394 e. The predicted molar refractivity (Wildman–Crippen MR) is 60.3 cm³/mol. The summed E-state index contributed by atoms with van der Waals surface area (Å²) in [6, 6.07) is 3.71. The number of aryl methyl sites for hydroxylation is 1. The molecule has 0 spiro atoms. The molecular formula is C10H15N5O. The Labute approximate surface area is 93.3 Å². The Morgan fingerprint density at radius 1 is 1.44 bits per heavy atom. The van der Waals surface area contributed by atoms with Crippen LogP contribution in [0.5, 0.6) is 0 Å². The van der Waals surface area contributed by atoms with E-state index in [9.17, 15) is 0 Å². The highest BCUT2D eigenvalue weighted by Crippen LogP contribution is 2.08. The zero-order valence-electron chi connectivity index (χ0n) is 9.38. The molecule has 0 aliphatic rings. The van der Waals surface area contributed by atoms with Crippen molar-refractivity contribution in [3.63, 3.8) is 0 Å². The van der Waals surface area contributed by atoms with Gasteiger partial charge in [0.25, 0.3) is 0 Å². The monoisotopic (exact) mass is 221 g/mol. The van der Waals surface area contributed by atoms with Crippen molar-refractivity contribution in [3.05, 3.63) is 18.0 Å². The van der Waals surface area contributed by atoms with Crippen molar-refractivity contribution in [1.82, 2.24) is 19.8 Å². The number of aromatic nitrogens is 4. The molecular weight excluding hydrogens is 206 g/mol. The summed E-state index contributed by atoms with van der Waals surface area (Å²) in [4.78, 5) is 0. The Hall–Kier alpha value is -1.69.